The summed E-state index contributed by atoms with van der Waals surface area (Å²) in [6.07, 6.45) is 0. The van der Waals surface area contributed by atoms with Gasteiger partial charge in [0.05, 0.1) is 6.04 Å². The zero-order valence-corrected chi connectivity index (χ0v) is 11.1. The fourth-order valence-corrected chi connectivity index (χ4v) is 2.40. The molecule has 2 aromatic rings. The van der Waals surface area contributed by atoms with E-state index in [4.69, 9.17) is 4.74 Å². The molecule has 2 N–H and O–H groups in total. The molecule has 0 saturated heterocycles. The lowest BCUT2D eigenvalue weighted by Crippen LogP contribution is -2.12. The van der Waals surface area contributed by atoms with E-state index in [1.165, 1.54) is 11.1 Å². The molecule has 3 nitrogen and oxygen atoms in total. The number of hydrogen-bond acceptors (Lipinski definition) is 3. The summed E-state index contributed by atoms with van der Waals surface area (Å²) in [6.45, 7) is 4.77. The highest BCUT2D eigenvalue weighted by molar-refractivity contribution is 5.56. The van der Waals surface area contributed by atoms with Crippen molar-refractivity contribution in [3.05, 3.63) is 53.1 Å². The van der Waals surface area contributed by atoms with Crippen LogP contribution in [0.4, 0.5) is 5.69 Å². The van der Waals surface area contributed by atoms with Gasteiger partial charge < -0.3 is 15.2 Å². The van der Waals surface area contributed by atoms with Gasteiger partial charge in [-0.15, -0.1) is 0 Å². The first kappa shape index (κ1) is 11.9. The highest BCUT2D eigenvalue weighted by atomic mass is 16.5. The van der Waals surface area contributed by atoms with Crippen LogP contribution < -0.4 is 10.1 Å². The Balaban J connectivity index is 1.88. The molecule has 0 amide bonds. The van der Waals surface area contributed by atoms with Gasteiger partial charge in [-0.3, -0.25) is 0 Å². The number of aromatic hydroxyl groups is 1. The molecule has 0 aromatic heterocycles. The summed E-state index contributed by atoms with van der Waals surface area (Å²) >= 11 is 0. The van der Waals surface area contributed by atoms with Crippen LogP contribution in [0.5, 0.6) is 11.5 Å². The van der Waals surface area contributed by atoms with Crippen molar-refractivity contribution in [3.8, 4) is 11.5 Å². The quantitative estimate of drug-likeness (QED) is 0.862. The van der Waals surface area contributed by atoms with Gasteiger partial charge in [-0.05, 0) is 43.2 Å². The largest absolute Gasteiger partial charge is 0.508 e. The molecule has 1 unspecified atom stereocenters. The predicted octanol–water partition coefficient (Wildman–Crippen LogP) is 3.55. The van der Waals surface area contributed by atoms with Gasteiger partial charge in [0.1, 0.15) is 18.1 Å². The number of phenols is 1. The Bertz CT molecular complexity index is 622. The molecule has 98 valence electrons. The molecule has 0 radical (unpaired) electrons. The zero-order valence-electron chi connectivity index (χ0n) is 11.1. The lowest BCUT2D eigenvalue weighted by Gasteiger charge is -2.16. The summed E-state index contributed by atoms with van der Waals surface area (Å²) in [7, 11) is 0. The number of anilines is 1. The monoisotopic (exact) mass is 255 g/mol. The molecule has 1 heterocycles. The standard InChI is InChI=1S/C16H17NO2/c1-10-3-4-11(2)14(7-10)17-15-9-19-16-8-12(18)5-6-13(15)16/h3-8,15,17-18H,9H2,1-2H3. The number of nitrogens with one attached hydrogen (secondary N) is 1. The number of benzene rings is 2. The van der Waals surface area contributed by atoms with E-state index in [0.717, 1.165) is 17.0 Å². The van der Waals surface area contributed by atoms with Crippen LogP contribution in [0.1, 0.15) is 22.7 Å². The van der Waals surface area contributed by atoms with Crippen molar-refractivity contribution in [1.29, 1.82) is 0 Å². The molecular formula is C16H17NO2. The SMILES string of the molecule is Cc1ccc(C)c(NC2COc3cc(O)ccc32)c1. The molecule has 1 aliphatic heterocycles. The zero-order chi connectivity index (χ0) is 13.4. The second-order valence-electron chi connectivity index (χ2n) is 5.05. The van der Waals surface area contributed by atoms with Crippen LogP contribution in [-0.2, 0) is 0 Å². The number of aryl methyl sites for hydroxylation is 2. The van der Waals surface area contributed by atoms with Crippen molar-refractivity contribution in [3.63, 3.8) is 0 Å². The molecule has 0 fully saturated rings. The van der Waals surface area contributed by atoms with Crippen molar-refractivity contribution in [2.45, 2.75) is 19.9 Å². The maximum Gasteiger partial charge on any atom is 0.128 e. The van der Waals surface area contributed by atoms with Crippen LogP contribution in [-0.4, -0.2) is 11.7 Å². The molecule has 1 aliphatic rings. The number of fused-ring (bicyclic) bond motifs is 1. The molecule has 0 spiro atoms. The highest BCUT2D eigenvalue weighted by Crippen LogP contribution is 2.37. The fraction of sp³-hybridized carbons (Fsp3) is 0.250. The van der Waals surface area contributed by atoms with Gasteiger partial charge in [0.2, 0.25) is 0 Å². The van der Waals surface area contributed by atoms with Crippen LogP contribution in [0.3, 0.4) is 0 Å². The molecule has 0 saturated carbocycles. The van der Waals surface area contributed by atoms with Gasteiger partial charge in [-0.2, -0.15) is 0 Å². The third-order valence-electron chi connectivity index (χ3n) is 3.50. The van der Waals surface area contributed by atoms with E-state index in [0.29, 0.717) is 6.61 Å². The van der Waals surface area contributed by atoms with E-state index in [2.05, 4.69) is 37.4 Å². The maximum absolute atomic E-state index is 9.45. The number of hydrogen-bond donors (Lipinski definition) is 2. The van der Waals surface area contributed by atoms with Crippen molar-refractivity contribution in [2.24, 2.45) is 0 Å². The van der Waals surface area contributed by atoms with Crippen LogP contribution in [0.15, 0.2) is 36.4 Å². The van der Waals surface area contributed by atoms with Gasteiger partial charge in [0.25, 0.3) is 0 Å². The summed E-state index contributed by atoms with van der Waals surface area (Å²) in [5.74, 6) is 1.01. The van der Waals surface area contributed by atoms with Gasteiger partial charge in [-0.25, -0.2) is 0 Å². The second-order valence-corrected chi connectivity index (χ2v) is 5.05. The minimum absolute atomic E-state index is 0.135. The van der Waals surface area contributed by atoms with E-state index >= 15 is 0 Å². The third-order valence-corrected chi connectivity index (χ3v) is 3.50. The first-order valence-electron chi connectivity index (χ1n) is 6.43. The molecule has 3 rings (SSSR count). The van der Waals surface area contributed by atoms with E-state index < -0.39 is 0 Å². The van der Waals surface area contributed by atoms with Crippen LogP contribution >= 0.6 is 0 Å². The van der Waals surface area contributed by atoms with Crippen molar-refractivity contribution in [2.75, 3.05) is 11.9 Å². The summed E-state index contributed by atoms with van der Waals surface area (Å²) in [5.41, 5.74) is 4.68. The Morgan fingerprint density at radius 3 is 2.84 bits per heavy atom. The van der Waals surface area contributed by atoms with Crippen LogP contribution in [0.25, 0.3) is 0 Å². The average molecular weight is 255 g/mol. The van der Waals surface area contributed by atoms with Gasteiger partial charge in [-0.1, -0.05) is 12.1 Å². The minimum Gasteiger partial charge on any atom is -0.508 e. The Kier molecular flexibility index (Phi) is 2.82. The number of rotatable bonds is 2. The summed E-state index contributed by atoms with van der Waals surface area (Å²) < 4.78 is 5.61. The summed E-state index contributed by atoms with van der Waals surface area (Å²) in [5, 5.41) is 13.0. The van der Waals surface area contributed by atoms with Crippen molar-refractivity contribution in [1.82, 2.24) is 0 Å². The number of ether oxygens (including phenoxy) is 1. The molecule has 2 aromatic carbocycles. The Morgan fingerprint density at radius 1 is 1.16 bits per heavy atom. The van der Waals surface area contributed by atoms with Crippen LogP contribution in [0, 0.1) is 13.8 Å². The minimum atomic E-state index is 0.135. The topological polar surface area (TPSA) is 41.5 Å². The summed E-state index contributed by atoms with van der Waals surface area (Å²) in [6, 6.07) is 11.8. The predicted molar refractivity (Wildman–Crippen MR) is 75.9 cm³/mol. The second kappa shape index (κ2) is 4.50. The van der Waals surface area contributed by atoms with Crippen molar-refractivity contribution >= 4 is 5.69 Å². The molecule has 0 bridgehead atoms. The Labute approximate surface area is 112 Å². The van der Waals surface area contributed by atoms with E-state index in [-0.39, 0.29) is 11.8 Å². The van der Waals surface area contributed by atoms with Crippen LogP contribution in [0.2, 0.25) is 0 Å². The van der Waals surface area contributed by atoms with Gasteiger partial charge in [0, 0.05) is 17.3 Å². The first-order valence-corrected chi connectivity index (χ1v) is 6.43. The molecule has 3 heteroatoms. The summed E-state index contributed by atoms with van der Waals surface area (Å²) in [4.78, 5) is 0. The van der Waals surface area contributed by atoms with Gasteiger partial charge >= 0.3 is 0 Å². The molecule has 19 heavy (non-hydrogen) atoms. The molecular weight excluding hydrogens is 238 g/mol. The Morgan fingerprint density at radius 2 is 2.00 bits per heavy atom. The highest BCUT2D eigenvalue weighted by Gasteiger charge is 2.24. The van der Waals surface area contributed by atoms with Crippen molar-refractivity contribution < 1.29 is 9.84 Å². The molecule has 0 aliphatic carbocycles. The van der Waals surface area contributed by atoms with Gasteiger partial charge in [0.15, 0.2) is 0 Å². The number of phenolic OH excluding ortho intramolecular Hbond substituents is 1. The van der Waals surface area contributed by atoms with E-state index in [1.54, 1.807) is 12.1 Å². The van der Waals surface area contributed by atoms with E-state index in [9.17, 15) is 5.11 Å². The smallest absolute Gasteiger partial charge is 0.128 e. The van der Waals surface area contributed by atoms with E-state index in [1.807, 2.05) is 6.07 Å². The third kappa shape index (κ3) is 2.24. The lowest BCUT2D eigenvalue weighted by atomic mass is 10.1. The first-order chi connectivity index (χ1) is 9.13. The normalized spacial score (nSPS) is 16.8. The fourth-order valence-electron chi connectivity index (χ4n) is 2.40. The average Bonchev–Trinajstić information content (AvgIpc) is 2.76. The maximum atomic E-state index is 9.45. The molecule has 1 atom stereocenters. The Hall–Kier alpha value is -2.16. The lowest BCUT2D eigenvalue weighted by molar-refractivity contribution is 0.338.